The molecule has 0 heterocycles. The van der Waals surface area contributed by atoms with Gasteiger partial charge >= 0.3 is 11.9 Å². The number of aliphatic carboxylic acids is 1. The van der Waals surface area contributed by atoms with Crippen LogP contribution < -0.4 is 5.11 Å². The van der Waals surface area contributed by atoms with Crippen LogP contribution in [-0.4, -0.2) is 75.5 Å². The molecule has 56 heavy (non-hydrogen) atoms. The molecule has 0 radical (unpaired) electrons. The summed E-state index contributed by atoms with van der Waals surface area (Å²) in [6.07, 6.45) is 48.9. The van der Waals surface area contributed by atoms with E-state index in [-0.39, 0.29) is 49.1 Å². The zero-order chi connectivity index (χ0) is 41.4. The van der Waals surface area contributed by atoms with Crippen LogP contribution in [0.1, 0.15) is 149 Å². The van der Waals surface area contributed by atoms with E-state index < -0.39 is 18.1 Å². The zero-order valence-corrected chi connectivity index (χ0v) is 36.0. The number of carboxylic acid groups (broad SMARTS) is 1. The van der Waals surface area contributed by atoms with Crippen LogP contribution in [0.15, 0.2) is 85.1 Å². The number of ether oxygens (including phenoxy) is 3. The summed E-state index contributed by atoms with van der Waals surface area (Å²) >= 11 is 0. The van der Waals surface area contributed by atoms with Crippen molar-refractivity contribution in [3.8, 4) is 0 Å². The Balaban J connectivity index is 4.47. The Hall–Kier alpha value is -3.49. The lowest BCUT2D eigenvalue weighted by Crippen LogP contribution is -2.55. The van der Waals surface area contributed by atoms with Gasteiger partial charge in [0, 0.05) is 19.3 Å². The zero-order valence-electron chi connectivity index (χ0n) is 36.0. The van der Waals surface area contributed by atoms with Gasteiger partial charge in [-0.1, -0.05) is 144 Å². The number of quaternary nitrogens is 1. The third kappa shape index (κ3) is 36.2. The van der Waals surface area contributed by atoms with Crippen LogP contribution in [0.25, 0.3) is 0 Å². The summed E-state index contributed by atoms with van der Waals surface area (Å²) in [6, 6.07) is -0.738. The Labute approximate surface area is 342 Å². The normalized spacial score (nSPS) is 13.8. The molecule has 0 aromatic carbocycles. The number of allylic oxidation sites excluding steroid dienone is 14. The predicted molar refractivity (Wildman–Crippen MR) is 231 cm³/mol. The molecule has 0 aromatic heterocycles. The highest BCUT2D eigenvalue weighted by Crippen LogP contribution is 2.12. The minimum absolute atomic E-state index is 0.0182. The molecular weight excluding hydrogens is 703 g/mol. The van der Waals surface area contributed by atoms with Crippen molar-refractivity contribution in [2.75, 3.05) is 41.0 Å². The van der Waals surface area contributed by atoms with Crippen molar-refractivity contribution < 1.29 is 38.2 Å². The van der Waals surface area contributed by atoms with E-state index >= 15 is 0 Å². The second-order valence-electron chi connectivity index (χ2n) is 15.3. The number of esters is 2. The van der Waals surface area contributed by atoms with Crippen LogP contribution in [-0.2, 0) is 28.6 Å². The number of carboxylic acids is 1. The highest BCUT2D eigenvalue weighted by molar-refractivity contribution is 5.70. The lowest BCUT2D eigenvalue weighted by atomic mass is 10.1. The molecule has 0 N–H and O–H groups in total. The summed E-state index contributed by atoms with van der Waals surface area (Å²) in [6.45, 7) is 4.44. The molecule has 0 saturated carbocycles. The lowest BCUT2D eigenvalue weighted by Gasteiger charge is -2.34. The van der Waals surface area contributed by atoms with Crippen molar-refractivity contribution in [1.82, 2.24) is 0 Å². The van der Waals surface area contributed by atoms with Gasteiger partial charge in [0.2, 0.25) is 0 Å². The van der Waals surface area contributed by atoms with Crippen LogP contribution in [0.3, 0.4) is 0 Å². The Morgan fingerprint density at radius 2 is 1.07 bits per heavy atom. The fraction of sp³-hybridized carbons (Fsp3) is 0.646. The highest BCUT2D eigenvalue weighted by atomic mass is 16.6. The third-order valence-corrected chi connectivity index (χ3v) is 9.11. The van der Waals surface area contributed by atoms with Crippen molar-refractivity contribution >= 4 is 17.9 Å². The molecule has 0 rings (SSSR count). The van der Waals surface area contributed by atoms with Gasteiger partial charge in [0.25, 0.3) is 0 Å². The van der Waals surface area contributed by atoms with E-state index in [0.29, 0.717) is 6.42 Å². The number of carbonyl (C=O) groups is 3. The quantitative estimate of drug-likeness (QED) is 0.0203. The van der Waals surface area contributed by atoms with Crippen molar-refractivity contribution in [3.63, 3.8) is 0 Å². The smallest absolute Gasteiger partial charge is 0.306 e. The molecule has 2 atom stereocenters. The maximum Gasteiger partial charge on any atom is 0.306 e. The SMILES string of the molecule is CC/C=C/C/C=C/C/C=C/CCCCCCC(=O)OCC(COCCC(C(=O)[O-])[N+](C)(C)C)OC(=O)CCCCCCC/C=C/C=C/C=C/C=C/CCCCC. The maximum absolute atomic E-state index is 12.7. The molecular formula is C48H79NO7. The van der Waals surface area contributed by atoms with Gasteiger partial charge in [0.05, 0.1) is 40.3 Å². The van der Waals surface area contributed by atoms with Crippen LogP contribution in [0.4, 0.5) is 0 Å². The van der Waals surface area contributed by atoms with E-state index in [1.165, 1.54) is 19.3 Å². The number of rotatable bonds is 37. The molecule has 8 heteroatoms. The lowest BCUT2D eigenvalue weighted by molar-refractivity contribution is -0.889. The van der Waals surface area contributed by atoms with Crippen molar-refractivity contribution in [3.05, 3.63) is 85.1 Å². The minimum atomic E-state index is -1.14. The van der Waals surface area contributed by atoms with Gasteiger partial charge in [-0.15, -0.1) is 0 Å². The van der Waals surface area contributed by atoms with Gasteiger partial charge < -0.3 is 28.6 Å². The number of hydrogen-bond donors (Lipinski definition) is 0. The summed E-state index contributed by atoms with van der Waals surface area (Å²) in [7, 11) is 5.38. The highest BCUT2D eigenvalue weighted by Gasteiger charge is 2.25. The van der Waals surface area contributed by atoms with Crippen LogP contribution >= 0.6 is 0 Å². The number of carbonyl (C=O) groups excluding carboxylic acids is 3. The van der Waals surface area contributed by atoms with Gasteiger partial charge in [-0.05, 0) is 70.6 Å². The van der Waals surface area contributed by atoms with E-state index in [1.807, 2.05) is 12.2 Å². The van der Waals surface area contributed by atoms with Gasteiger partial charge in [0.1, 0.15) is 12.6 Å². The molecule has 0 aliphatic carbocycles. The van der Waals surface area contributed by atoms with Crippen molar-refractivity contribution in [2.45, 2.75) is 161 Å². The molecule has 2 unspecified atom stereocenters. The molecule has 0 spiro atoms. The maximum atomic E-state index is 12.7. The summed E-state index contributed by atoms with van der Waals surface area (Å²) < 4.78 is 17.1. The van der Waals surface area contributed by atoms with E-state index in [2.05, 4.69) is 86.8 Å². The molecule has 0 aliphatic heterocycles. The molecule has 0 aromatic rings. The Kier molecular flexibility index (Phi) is 36.0. The van der Waals surface area contributed by atoms with Crippen LogP contribution in [0, 0.1) is 0 Å². The minimum Gasteiger partial charge on any atom is -0.544 e. The monoisotopic (exact) mass is 782 g/mol. The van der Waals surface area contributed by atoms with Gasteiger partial charge in [0.15, 0.2) is 6.10 Å². The second-order valence-corrected chi connectivity index (χ2v) is 15.3. The number of hydrogen-bond acceptors (Lipinski definition) is 7. The van der Waals surface area contributed by atoms with Crippen LogP contribution in [0.2, 0.25) is 0 Å². The first-order valence-corrected chi connectivity index (χ1v) is 21.7. The van der Waals surface area contributed by atoms with E-state index in [0.717, 1.165) is 96.3 Å². The van der Waals surface area contributed by atoms with Crippen molar-refractivity contribution in [1.29, 1.82) is 0 Å². The second kappa shape index (κ2) is 38.4. The standard InChI is InChI=1S/C48H79NO7/c1-6-8-10-12-14-16-18-20-22-23-24-25-27-29-31-33-35-37-39-47(51)56-44(42-54-41-40-45(48(52)53)49(3,4)5)43-55-46(50)38-36-34-32-30-28-26-21-19-17-15-13-11-9-7-2/h9,11,14-18,20-26,44-45H,6-8,10,12-13,19,27-43H2,1-5H3/b11-9+,16-14+,17-15+,20-18+,23-22+,25-24+,26-21+. The fourth-order valence-corrected chi connectivity index (χ4v) is 5.74. The number of likely N-dealkylation sites (N-methyl/N-ethyl adjacent to an activating group) is 1. The Bertz CT molecular complexity index is 1190. The van der Waals surface area contributed by atoms with Gasteiger partial charge in [-0.25, -0.2) is 0 Å². The van der Waals surface area contributed by atoms with E-state index in [1.54, 1.807) is 21.1 Å². The predicted octanol–water partition coefficient (Wildman–Crippen LogP) is 10.4. The average molecular weight is 782 g/mol. The summed E-state index contributed by atoms with van der Waals surface area (Å²) in [5.74, 6) is -1.81. The first kappa shape index (κ1) is 52.5. The fourth-order valence-electron chi connectivity index (χ4n) is 5.74. The first-order valence-electron chi connectivity index (χ1n) is 21.7. The Morgan fingerprint density at radius 3 is 1.64 bits per heavy atom. The summed E-state index contributed by atoms with van der Waals surface area (Å²) in [5, 5.41) is 11.6. The van der Waals surface area contributed by atoms with Crippen LogP contribution in [0.5, 0.6) is 0 Å². The first-order chi connectivity index (χ1) is 27.1. The molecule has 8 nitrogen and oxygen atoms in total. The summed E-state index contributed by atoms with van der Waals surface area (Å²) in [5.41, 5.74) is 0. The number of nitrogens with zero attached hydrogens (tertiary/aromatic N) is 1. The van der Waals surface area contributed by atoms with Crippen molar-refractivity contribution in [2.24, 2.45) is 0 Å². The molecule has 318 valence electrons. The molecule has 0 saturated heterocycles. The molecule has 0 amide bonds. The average Bonchev–Trinajstić information content (AvgIpc) is 3.15. The van der Waals surface area contributed by atoms with E-state index in [4.69, 9.17) is 14.2 Å². The Morgan fingerprint density at radius 1 is 0.571 bits per heavy atom. The largest absolute Gasteiger partial charge is 0.544 e. The number of unbranched alkanes of at least 4 members (excludes halogenated alkanes) is 12. The van der Waals surface area contributed by atoms with Gasteiger partial charge in [-0.3, -0.25) is 9.59 Å². The summed E-state index contributed by atoms with van der Waals surface area (Å²) in [4.78, 5) is 36.8. The molecule has 0 bridgehead atoms. The molecule has 0 fully saturated rings. The topological polar surface area (TPSA) is 102 Å². The molecule has 0 aliphatic rings. The van der Waals surface area contributed by atoms with Gasteiger partial charge in [-0.2, -0.15) is 0 Å². The third-order valence-electron chi connectivity index (χ3n) is 9.11. The van der Waals surface area contributed by atoms with E-state index in [9.17, 15) is 19.5 Å².